The van der Waals surface area contributed by atoms with Crippen molar-refractivity contribution in [3.05, 3.63) is 69.2 Å². The van der Waals surface area contributed by atoms with Gasteiger partial charge in [-0.3, -0.25) is 0 Å². The summed E-state index contributed by atoms with van der Waals surface area (Å²) in [6.45, 7) is 3.34. The topological polar surface area (TPSA) is 114 Å². The van der Waals surface area contributed by atoms with Crippen LogP contribution in [0.2, 0.25) is 0 Å². The molecular weight excluding hydrogens is 613 g/mol. The molecule has 246 valence electrons. The second-order valence-corrected chi connectivity index (χ2v) is 13.0. The van der Waals surface area contributed by atoms with E-state index in [0.717, 1.165) is 38.5 Å². The van der Waals surface area contributed by atoms with Gasteiger partial charge in [0.05, 0.1) is 13.2 Å². The lowest BCUT2D eigenvalue weighted by Gasteiger charge is -2.13. The first kappa shape index (κ1) is 36.0. The molecule has 0 amide bonds. The molecule has 0 spiro atoms. The van der Waals surface area contributed by atoms with Gasteiger partial charge < -0.3 is 9.47 Å². The van der Waals surface area contributed by atoms with Crippen molar-refractivity contribution in [3.8, 4) is 35.8 Å². The predicted molar refractivity (Wildman–Crippen MR) is 195 cm³/mol. The summed E-state index contributed by atoms with van der Waals surface area (Å²) in [4.78, 5) is 0. The van der Waals surface area contributed by atoms with Gasteiger partial charge in [0, 0.05) is 10.4 Å². The summed E-state index contributed by atoms with van der Waals surface area (Å²) < 4.78 is 12.2. The summed E-state index contributed by atoms with van der Waals surface area (Å²) in [6.07, 6.45) is 16.5. The Kier molecular flexibility index (Phi) is 14.8. The minimum atomic E-state index is -0.0448. The molecule has 3 aromatic carbocycles. The zero-order valence-corrected chi connectivity index (χ0v) is 28.8. The zero-order chi connectivity index (χ0) is 34.0. The number of nitriles is 4. The van der Waals surface area contributed by atoms with Crippen LogP contribution in [-0.2, 0) is 6.42 Å². The molecule has 0 atom stereocenters. The van der Waals surface area contributed by atoms with Gasteiger partial charge in [0.2, 0.25) is 0 Å². The van der Waals surface area contributed by atoms with Crippen molar-refractivity contribution < 1.29 is 9.47 Å². The Morgan fingerprint density at radius 1 is 0.562 bits per heavy atom. The maximum absolute atomic E-state index is 9.98. The second kappa shape index (κ2) is 19.8. The highest BCUT2D eigenvalue weighted by molar-refractivity contribution is 7.07. The number of rotatable bonds is 19. The van der Waals surface area contributed by atoms with E-state index in [1.165, 1.54) is 56.9 Å². The van der Waals surface area contributed by atoms with Crippen molar-refractivity contribution in [1.29, 1.82) is 21.0 Å². The standard InChI is InChI=1S/C41H44N4O2S/c1-2-3-4-5-6-7-8-9-10-13-21-46-34-16-18-36-38(24-34)40(32(26-42)27-43)37-19-17-35(25-39(37)41(36)33(28-44)29-45)47-22-14-11-12-15-31-20-23-48-30-31/h16-20,23-25,30H,2-15,21-22H2,1H3. The SMILES string of the molecule is CCCCCCCCCCCCOc1ccc2c(=C(C#N)C#N)c3cc(OCCCCCc4ccsc4)ccc3c(=C(C#N)C#N)c2c1. The molecule has 0 saturated heterocycles. The van der Waals surface area contributed by atoms with E-state index in [9.17, 15) is 21.0 Å². The molecule has 0 bridgehead atoms. The van der Waals surface area contributed by atoms with E-state index in [1.807, 2.05) is 36.4 Å². The molecule has 0 aliphatic carbocycles. The molecule has 48 heavy (non-hydrogen) atoms. The van der Waals surface area contributed by atoms with Crippen LogP contribution < -0.4 is 19.9 Å². The third-order valence-electron chi connectivity index (χ3n) is 8.73. The lowest BCUT2D eigenvalue weighted by molar-refractivity contribution is 0.304. The average Bonchev–Trinajstić information content (AvgIpc) is 3.64. The molecular formula is C41H44N4O2S. The van der Waals surface area contributed by atoms with Gasteiger partial charge in [-0.1, -0.05) is 64.7 Å². The van der Waals surface area contributed by atoms with Crippen molar-refractivity contribution in [1.82, 2.24) is 0 Å². The summed E-state index contributed by atoms with van der Waals surface area (Å²) >= 11 is 1.72. The maximum Gasteiger partial charge on any atom is 0.138 e. The van der Waals surface area contributed by atoms with Gasteiger partial charge in [0.15, 0.2) is 0 Å². The monoisotopic (exact) mass is 656 g/mol. The number of ether oxygens (including phenoxy) is 2. The number of hydrogen-bond acceptors (Lipinski definition) is 7. The number of fused-ring (bicyclic) bond motifs is 2. The quantitative estimate of drug-likeness (QED) is 0.0734. The minimum absolute atomic E-state index is 0.0434. The average molecular weight is 657 g/mol. The van der Waals surface area contributed by atoms with Crippen LogP contribution >= 0.6 is 11.3 Å². The van der Waals surface area contributed by atoms with E-state index in [-0.39, 0.29) is 11.1 Å². The van der Waals surface area contributed by atoms with Crippen LogP contribution in [0, 0.1) is 45.3 Å². The van der Waals surface area contributed by atoms with Crippen molar-refractivity contribution in [2.45, 2.75) is 96.8 Å². The van der Waals surface area contributed by atoms with Gasteiger partial charge in [-0.05, 0) is 112 Å². The largest absolute Gasteiger partial charge is 0.494 e. The molecule has 4 aromatic rings. The molecule has 6 nitrogen and oxygen atoms in total. The third-order valence-corrected chi connectivity index (χ3v) is 9.46. The summed E-state index contributed by atoms with van der Waals surface area (Å²) in [5, 5.41) is 47.5. The first-order valence-corrected chi connectivity index (χ1v) is 18.2. The molecule has 0 radical (unpaired) electrons. The van der Waals surface area contributed by atoms with Crippen LogP contribution in [0.15, 0.2) is 53.2 Å². The maximum atomic E-state index is 9.98. The normalized spacial score (nSPS) is 10.6. The van der Waals surface area contributed by atoms with Crippen LogP contribution in [0.25, 0.3) is 32.7 Å². The molecule has 0 aliphatic rings. The van der Waals surface area contributed by atoms with Gasteiger partial charge >= 0.3 is 0 Å². The highest BCUT2D eigenvalue weighted by Crippen LogP contribution is 2.25. The van der Waals surface area contributed by atoms with Crippen LogP contribution in [0.5, 0.6) is 11.5 Å². The van der Waals surface area contributed by atoms with E-state index in [4.69, 9.17) is 9.47 Å². The summed E-state index contributed by atoms with van der Waals surface area (Å²) in [6, 6.07) is 21.4. The lowest BCUT2D eigenvalue weighted by Crippen LogP contribution is -2.19. The number of unbranched alkanes of at least 4 members (excludes halogenated alkanes) is 11. The Morgan fingerprint density at radius 2 is 1.02 bits per heavy atom. The first-order chi connectivity index (χ1) is 23.6. The van der Waals surface area contributed by atoms with Crippen molar-refractivity contribution in [2.24, 2.45) is 0 Å². The fraction of sp³-hybridized carbons (Fsp3) is 0.415. The number of benzene rings is 3. The van der Waals surface area contributed by atoms with Gasteiger partial charge in [0.1, 0.15) is 46.9 Å². The molecule has 1 heterocycles. The van der Waals surface area contributed by atoms with Crippen LogP contribution in [0.4, 0.5) is 0 Å². The number of hydrogen-bond donors (Lipinski definition) is 0. The molecule has 1 aromatic heterocycles. The third kappa shape index (κ3) is 9.84. The molecule has 0 unspecified atom stereocenters. The van der Waals surface area contributed by atoms with Crippen molar-refractivity contribution >= 4 is 44.0 Å². The van der Waals surface area contributed by atoms with E-state index >= 15 is 0 Å². The van der Waals surface area contributed by atoms with E-state index in [2.05, 4.69) is 48.0 Å². The molecule has 0 N–H and O–H groups in total. The smallest absolute Gasteiger partial charge is 0.138 e. The summed E-state index contributed by atoms with van der Waals surface area (Å²) in [5.41, 5.74) is 1.28. The van der Waals surface area contributed by atoms with Gasteiger partial charge in [-0.15, -0.1) is 0 Å². The molecule has 0 aliphatic heterocycles. The minimum Gasteiger partial charge on any atom is -0.494 e. The van der Waals surface area contributed by atoms with Gasteiger partial charge in [0.25, 0.3) is 0 Å². The van der Waals surface area contributed by atoms with Crippen molar-refractivity contribution in [3.63, 3.8) is 0 Å². The fourth-order valence-electron chi connectivity index (χ4n) is 6.19. The van der Waals surface area contributed by atoms with E-state index < -0.39 is 0 Å². The highest BCUT2D eigenvalue weighted by atomic mass is 32.1. The van der Waals surface area contributed by atoms with Crippen molar-refractivity contribution in [2.75, 3.05) is 13.2 Å². The molecule has 4 rings (SSSR count). The molecule has 0 saturated carbocycles. The Balaban J connectivity index is 1.56. The van der Waals surface area contributed by atoms with Gasteiger partial charge in [-0.25, -0.2) is 0 Å². The fourth-order valence-corrected chi connectivity index (χ4v) is 6.89. The second-order valence-electron chi connectivity index (χ2n) is 12.2. The summed E-state index contributed by atoms with van der Waals surface area (Å²) in [5.74, 6) is 1.23. The van der Waals surface area contributed by atoms with E-state index in [0.29, 0.717) is 56.7 Å². The first-order valence-electron chi connectivity index (χ1n) is 17.3. The Morgan fingerprint density at radius 3 is 1.46 bits per heavy atom. The van der Waals surface area contributed by atoms with Crippen LogP contribution in [0.3, 0.4) is 0 Å². The van der Waals surface area contributed by atoms with Crippen LogP contribution in [-0.4, -0.2) is 13.2 Å². The zero-order valence-electron chi connectivity index (χ0n) is 28.0. The van der Waals surface area contributed by atoms with E-state index in [1.54, 1.807) is 11.3 Å². The lowest BCUT2D eigenvalue weighted by atomic mass is 9.93. The Labute approximate surface area is 288 Å². The van der Waals surface area contributed by atoms with Crippen LogP contribution in [0.1, 0.15) is 96.0 Å². The summed E-state index contributed by atoms with van der Waals surface area (Å²) in [7, 11) is 0. The molecule has 0 fully saturated rings. The Hall–Kier alpha value is -4.82. The highest BCUT2D eigenvalue weighted by Gasteiger charge is 2.15. The predicted octanol–water partition coefficient (Wildman–Crippen LogP) is 9.54. The number of nitrogens with zero attached hydrogens (tertiary/aromatic N) is 4. The number of thiophene rings is 1. The Bertz CT molecular complexity index is 1920. The number of aryl methyl sites for hydroxylation is 1. The molecule has 7 heteroatoms. The van der Waals surface area contributed by atoms with Gasteiger partial charge in [-0.2, -0.15) is 32.4 Å².